The van der Waals surface area contributed by atoms with Gasteiger partial charge >= 0.3 is 5.97 Å². The van der Waals surface area contributed by atoms with E-state index in [0.717, 1.165) is 12.1 Å². The maximum absolute atomic E-state index is 13.2. The van der Waals surface area contributed by atoms with Gasteiger partial charge < -0.3 is 10.4 Å². The number of rotatable bonds is 6. The van der Waals surface area contributed by atoms with Crippen LogP contribution in [0.2, 0.25) is 10.0 Å². The highest BCUT2D eigenvalue weighted by Crippen LogP contribution is 2.25. The molecule has 0 spiro atoms. The number of hydrogen-bond acceptors (Lipinski definition) is 2. The number of carboxylic acids is 1. The maximum Gasteiger partial charge on any atom is 0.326 e. The molecule has 1 amide bonds. The molecule has 0 aliphatic carbocycles. The van der Waals surface area contributed by atoms with Gasteiger partial charge in [0.25, 0.3) is 0 Å². The molecule has 2 rings (SSSR count). The Kier molecular flexibility index (Phi) is 6.33. The highest BCUT2D eigenvalue weighted by molar-refractivity contribution is 6.36. The molecular formula is C17H13Cl2F2NO3. The van der Waals surface area contributed by atoms with Crippen LogP contribution in [0.1, 0.15) is 11.1 Å². The molecule has 0 saturated carbocycles. The molecule has 0 heterocycles. The average Bonchev–Trinajstić information content (AvgIpc) is 2.48. The monoisotopic (exact) mass is 387 g/mol. The van der Waals surface area contributed by atoms with E-state index in [-0.39, 0.29) is 28.5 Å². The summed E-state index contributed by atoms with van der Waals surface area (Å²) >= 11 is 12.0. The maximum atomic E-state index is 13.2. The summed E-state index contributed by atoms with van der Waals surface area (Å²) in [4.78, 5) is 23.4. The molecule has 0 aromatic heterocycles. The van der Waals surface area contributed by atoms with Gasteiger partial charge in [-0.25, -0.2) is 13.6 Å². The van der Waals surface area contributed by atoms with Crippen molar-refractivity contribution in [2.45, 2.75) is 18.9 Å². The summed E-state index contributed by atoms with van der Waals surface area (Å²) in [5, 5.41) is 12.2. The van der Waals surface area contributed by atoms with Gasteiger partial charge in [0.2, 0.25) is 5.91 Å². The molecular weight excluding hydrogens is 375 g/mol. The second-order valence-electron chi connectivity index (χ2n) is 5.32. The number of amides is 1. The number of carboxylic acid groups (broad SMARTS) is 1. The van der Waals surface area contributed by atoms with Gasteiger partial charge in [0, 0.05) is 22.5 Å². The van der Waals surface area contributed by atoms with Crippen molar-refractivity contribution in [3.8, 4) is 0 Å². The number of benzene rings is 2. The van der Waals surface area contributed by atoms with Crippen LogP contribution in [0.15, 0.2) is 36.4 Å². The Morgan fingerprint density at radius 2 is 1.64 bits per heavy atom. The molecule has 0 unspecified atom stereocenters. The van der Waals surface area contributed by atoms with Gasteiger partial charge in [0.15, 0.2) is 0 Å². The molecule has 8 heteroatoms. The SMILES string of the molecule is O=C(Cc1cc(F)cc(F)c1)N[C@H](Cc1c(Cl)cccc1Cl)C(=O)O. The van der Waals surface area contributed by atoms with E-state index in [9.17, 15) is 23.5 Å². The lowest BCUT2D eigenvalue weighted by atomic mass is 10.0. The number of halogens is 4. The fourth-order valence-corrected chi connectivity index (χ4v) is 2.83. The first-order chi connectivity index (χ1) is 11.8. The van der Waals surface area contributed by atoms with E-state index in [4.69, 9.17) is 23.2 Å². The van der Waals surface area contributed by atoms with Crippen LogP contribution in [0.25, 0.3) is 0 Å². The van der Waals surface area contributed by atoms with E-state index in [2.05, 4.69) is 5.32 Å². The van der Waals surface area contributed by atoms with Gasteiger partial charge in [-0.05, 0) is 35.4 Å². The Balaban J connectivity index is 2.11. The van der Waals surface area contributed by atoms with Gasteiger partial charge in [-0.3, -0.25) is 4.79 Å². The Labute approximate surface area is 152 Å². The van der Waals surface area contributed by atoms with Crippen LogP contribution in [-0.4, -0.2) is 23.0 Å². The summed E-state index contributed by atoms with van der Waals surface area (Å²) in [6, 6.07) is 6.12. The molecule has 4 nitrogen and oxygen atoms in total. The first-order valence-corrected chi connectivity index (χ1v) is 7.92. The predicted octanol–water partition coefficient (Wildman–Crippen LogP) is 3.63. The molecule has 0 bridgehead atoms. The molecule has 0 fully saturated rings. The van der Waals surface area contributed by atoms with Crippen molar-refractivity contribution in [2.75, 3.05) is 0 Å². The van der Waals surface area contributed by atoms with Crippen molar-refractivity contribution < 1.29 is 23.5 Å². The van der Waals surface area contributed by atoms with Crippen LogP contribution >= 0.6 is 23.2 Å². The standard InChI is InChI=1S/C17H13Cl2F2NO3/c18-13-2-1-3-14(19)12(13)8-15(17(24)25)22-16(23)6-9-4-10(20)7-11(21)5-9/h1-5,7,15H,6,8H2,(H,22,23)(H,24,25)/t15-/m1/s1. The van der Waals surface area contributed by atoms with Crippen LogP contribution in [0, 0.1) is 11.6 Å². The van der Waals surface area contributed by atoms with Crippen molar-refractivity contribution >= 4 is 35.1 Å². The lowest BCUT2D eigenvalue weighted by Gasteiger charge is -2.16. The largest absolute Gasteiger partial charge is 0.480 e. The summed E-state index contributed by atoms with van der Waals surface area (Å²) in [6.45, 7) is 0. The minimum absolute atomic E-state index is 0.0925. The normalized spacial score (nSPS) is 11.8. The van der Waals surface area contributed by atoms with E-state index in [1.807, 2.05) is 0 Å². The molecule has 0 aliphatic rings. The van der Waals surface area contributed by atoms with Crippen LogP contribution in [0.3, 0.4) is 0 Å². The van der Waals surface area contributed by atoms with Crippen LogP contribution in [-0.2, 0) is 22.4 Å². The summed E-state index contributed by atoms with van der Waals surface area (Å²) in [5.41, 5.74) is 0.477. The third kappa shape index (κ3) is 5.41. The van der Waals surface area contributed by atoms with Crippen LogP contribution in [0.5, 0.6) is 0 Å². The fourth-order valence-electron chi connectivity index (χ4n) is 2.28. The number of hydrogen-bond donors (Lipinski definition) is 2. The number of carbonyl (C=O) groups is 2. The minimum Gasteiger partial charge on any atom is -0.480 e. The van der Waals surface area contributed by atoms with Crippen LogP contribution in [0.4, 0.5) is 8.78 Å². The van der Waals surface area contributed by atoms with Gasteiger partial charge in [-0.15, -0.1) is 0 Å². The molecule has 2 aromatic carbocycles. The third-order valence-electron chi connectivity index (χ3n) is 3.39. The van der Waals surface area contributed by atoms with Gasteiger partial charge in [0.05, 0.1) is 6.42 Å². The lowest BCUT2D eigenvalue weighted by molar-refractivity contribution is -0.141. The molecule has 25 heavy (non-hydrogen) atoms. The zero-order valence-corrected chi connectivity index (χ0v) is 14.2. The Morgan fingerprint density at radius 1 is 1.08 bits per heavy atom. The van der Waals surface area contributed by atoms with E-state index >= 15 is 0 Å². The molecule has 2 N–H and O–H groups in total. The van der Waals surface area contributed by atoms with E-state index in [0.29, 0.717) is 11.6 Å². The molecule has 2 aromatic rings. The molecule has 0 aliphatic heterocycles. The zero-order chi connectivity index (χ0) is 18.6. The highest BCUT2D eigenvalue weighted by Gasteiger charge is 2.23. The van der Waals surface area contributed by atoms with Crippen molar-refractivity contribution in [3.63, 3.8) is 0 Å². The first-order valence-electron chi connectivity index (χ1n) is 7.16. The number of aliphatic carboxylic acids is 1. The Hall–Kier alpha value is -2.18. The van der Waals surface area contributed by atoms with Crippen LogP contribution < -0.4 is 5.32 Å². The second-order valence-corrected chi connectivity index (χ2v) is 6.13. The van der Waals surface area contributed by atoms with Gasteiger partial charge in [-0.1, -0.05) is 29.3 Å². The quantitative estimate of drug-likeness (QED) is 0.795. The fraction of sp³-hybridized carbons (Fsp3) is 0.176. The van der Waals surface area contributed by atoms with Crippen molar-refractivity contribution in [1.82, 2.24) is 5.32 Å². The summed E-state index contributed by atoms with van der Waals surface area (Å²) in [6.07, 6.45) is -0.494. The summed E-state index contributed by atoms with van der Waals surface area (Å²) < 4.78 is 26.3. The van der Waals surface area contributed by atoms with Crippen molar-refractivity contribution in [2.24, 2.45) is 0 Å². The lowest BCUT2D eigenvalue weighted by Crippen LogP contribution is -2.43. The predicted molar refractivity (Wildman–Crippen MR) is 89.8 cm³/mol. The van der Waals surface area contributed by atoms with Crippen molar-refractivity contribution in [1.29, 1.82) is 0 Å². The van der Waals surface area contributed by atoms with E-state index in [1.165, 1.54) is 0 Å². The highest BCUT2D eigenvalue weighted by atomic mass is 35.5. The summed E-state index contributed by atoms with van der Waals surface area (Å²) in [5.74, 6) is -3.61. The molecule has 1 atom stereocenters. The molecule has 0 radical (unpaired) electrons. The van der Waals surface area contributed by atoms with E-state index < -0.39 is 29.6 Å². The Morgan fingerprint density at radius 3 is 2.16 bits per heavy atom. The topological polar surface area (TPSA) is 66.4 Å². The second kappa shape index (κ2) is 8.27. The van der Waals surface area contributed by atoms with Gasteiger partial charge in [0.1, 0.15) is 17.7 Å². The first kappa shape index (κ1) is 19.1. The van der Waals surface area contributed by atoms with E-state index in [1.54, 1.807) is 18.2 Å². The number of nitrogens with one attached hydrogen (secondary N) is 1. The minimum atomic E-state index is -1.29. The summed E-state index contributed by atoms with van der Waals surface area (Å²) in [7, 11) is 0. The van der Waals surface area contributed by atoms with Gasteiger partial charge in [-0.2, -0.15) is 0 Å². The number of carbonyl (C=O) groups excluding carboxylic acids is 1. The smallest absolute Gasteiger partial charge is 0.326 e. The zero-order valence-electron chi connectivity index (χ0n) is 12.7. The molecule has 132 valence electrons. The average molecular weight is 388 g/mol. The van der Waals surface area contributed by atoms with Crippen molar-refractivity contribution in [3.05, 3.63) is 69.2 Å². The third-order valence-corrected chi connectivity index (χ3v) is 4.10. The Bertz CT molecular complexity index is 774. The molecule has 0 saturated heterocycles.